The highest BCUT2D eigenvalue weighted by Gasteiger charge is 2.44. The molecule has 6 heteroatoms. The van der Waals surface area contributed by atoms with Crippen LogP contribution in [-0.4, -0.2) is 32.8 Å². The Kier molecular flexibility index (Phi) is 3.32. The van der Waals surface area contributed by atoms with Crippen LogP contribution < -0.4 is 5.32 Å². The summed E-state index contributed by atoms with van der Waals surface area (Å²) in [4.78, 5) is 14.4. The number of halogens is 1. The third-order valence-electron chi connectivity index (χ3n) is 4.90. The van der Waals surface area contributed by atoms with Crippen molar-refractivity contribution in [1.82, 2.24) is 14.7 Å². The third-order valence-corrected chi connectivity index (χ3v) is 4.90. The van der Waals surface area contributed by atoms with Crippen molar-refractivity contribution in [2.24, 2.45) is 0 Å². The van der Waals surface area contributed by atoms with E-state index in [4.69, 9.17) is 0 Å². The topological polar surface area (TPSA) is 50.2 Å². The summed E-state index contributed by atoms with van der Waals surface area (Å²) in [7, 11) is 0. The summed E-state index contributed by atoms with van der Waals surface area (Å²) in [5.74, 6) is -0.382. The van der Waals surface area contributed by atoms with Crippen LogP contribution >= 0.6 is 0 Å². The van der Waals surface area contributed by atoms with Gasteiger partial charge in [0.25, 0.3) is 0 Å². The lowest BCUT2D eigenvalue weighted by molar-refractivity contribution is 0.0173. The summed E-state index contributed by atoms with van der Waals surface area (Å²) in [5, 5.41) is 6.96. The molecule has 1 aromatic heterocycles. The first kappa shape index (κ1) is 14.2. The van der Waals surface area contributed by atoms with Gasteiger partial charge in [-0.2, -0.15) is 5.10 Å². The summed E-state index contributed by atoms with van der Waals surface area (Å²) in [6, 6.07) is 6.37. The summed E-state index contributed by atoms with van der Waals surface area (Å²) in [5.41, 5.74) is 2.43. The molecule has 2 unspecified atom stereocenters. The van der Waals surface area contributed by atoms with Gasteiger partial charge in [0.05, 0.1) is 18.1 Å². The Balaban J connectivity index is 1.54. The zero-order chi connectivity index (χ0) is 16.0. The van der Waals surface area contributed by atoms with Crippen molar-refractivity contribution in [3.8, 4) is 5.69 Å². The maximum atomic E-state index is 13.2. The fraction of sp³-hybridized carbons (Fsp3) is 0.412. The molecule has 1 aromatic carbocycles. The number of aromatic nitrogens is 2. The maximum Gasteiger partial charge on any atom is 0.322 e. The van der Waals surface area contributed by atoms with Gasteiger partial charge in [0, 0.05) is 17.8 Å². The predicted octanol–water partition coefficient (Wildman–Crippen LogP) is 3.48. The van der Waals surface area contributed by atoms with Crippen LogP contribution in [0, 0.1) is 12.7 Å². The number of nitrogens with one attached hydrogen (secondary N) is 1. The van der Waals surface area contributed by atoms with E-state index in [1.807, 2.05) is 30.0 Å². The van der Waals surface area contributed by atoms with Gasteiger partial charge in [-0.3, -0.25) is 0 Å². The number of urea groups is 1. The Labute approximate surface area is 134 Å². The summed E-state index contributed by atoms with van der Waals surface area (Å²) in [6.45, 7) is 1.93. The van der Waals surface area contributed by atoms with E-state index in [1.54, 1.807) is 0 Å². The van der Waals surface area contributed by atoms with Crippen molar-refractivity contribution in [1.29, 1.82) is 0 Å². The monoisotopic (exact) mass is 314 g/mol. The number of benzene rings is 1. The van der Waals surface area contributed by atoms with Gasteiger partial charge in [-0.05, 0) is 50.3 Å². The molecule has 3 heterocycles. The molecule has 1 N–H and O–H groups in total. The lowest BCUT2D eigenvalue weighted by Gasteiger charge is -2.52. The molecule has 0 radical (unpaired) electrons. The number of carbonyl (C=O) groups is 1. The number of piperidine rings is 1. The van der Waals surface area contributed by atoms with Gasteiger partial charge in [-0.15, -0.1) is 0 Å². The highest BCUT2D eigenvalue weighted by Crippen LogP contribution is 2.38. The molecule has 23 heavy (non-hydrogen) atoms. The number of amides is 2. The van der Waals surface area contributed by atoms with Gasteiger partial charge in [0.2, 0.25) is 0 Å². The van der Waals surface area contributed by atoms with E-state index in [2.05, 4.69) is 10.4 Å². The van der Waals surface area contributed by atoms with E-state index in [9.17, 15) is 9.18 Å². The quantitative estimate of drug-likeness (QED) is 0.922. The summed E-state index contributed by atoms with van der Waals surface area (Å²) < 4.78 is 14.7. The van der Waals surface area contributed by atoms with Crippen molar-refractivity contribution in [3.63, 3.8) is 0 Å². The Bertz CT molecular complexity index is 743. The second-order valence-electron chi connectivity index (χ2n) is 6.42. The minimum atomic E-state index is -0.382. The number of nitrogens with zero attached hydrogens (tertiary/aromatic N) is 3. The van der Waals surface area contributed by atoms with Crippen molar-refractivity contribution < 1.29 is 9.18 Å². The Hall–Kier alpha value is -2.37. The number of fused-ring (bicyclic) bond motifs is 2. The average molecular weight is 314 g/mol. The number of rotatable bonds is 2. The molecule has 0 spiro atoms. The molecule has 120 valence electrons. The van der Waals surface area contributed by atoms with Crippen LogP contribution in [0.4, 0.5) is 14.9 Å². The maximum absolute atomic E-state index is 13.2. The average Bonchev–Trinajstić information content (AvgIpc) is 2.96. The fourth-order valence-electron chi connectivity index (χ4n) is 3.69. The molecule has 2 bridgehead atoms. The number of hydrogen-bond donors (Lipinski definition) is 1. The molecular weight excluding hydrogens is 295 g/mol. The molecule has 2 fully saturated rings. The van der Waals surface area contributed by atoms with Gasteiger partial charge in [0.15, 0.2) is 5.82 Å². The van der Waals surface area contributed by atoms with E-state index in [0.717, 1.165) is 30.5 Å². The first-order valence-corrected chi connectivity index (χ1v) is 8.02. The van der Waals surface area contributed by atoms with Crippen molar-refractivity contribution in [3.05, 3.63) is 42.0 Å². The minimum Gasteiger partial charge on any atom is -0.318 e. The zero-order valence-corrected chi connectivity index (χ0v) is 13.0. The zero-order valence-electron chi connectivity index (χ0n) is 13.0. The van der Waals surface area contributed by atoms with Gasteiger partial charge in [0.1, 0.15) is 0 Å². The smallest absolute Gasteiger partial charge is 0.318 e. The Morgan fingerprint density at radius 3 is 2.78 bits per heavy atom. The van der Waals surface area contributed by atoms with E-state index in [0.29, 0.717) is 17.8 Å². The first-order chi connectivity index (χ1) is 11.1. The number of carbonyl (C=O) groups excluding carboxylic acids is 1. The molecule has 2 aromatic rings. The molecule has 2 aliphatic heterocycles. The molecule has 2 saturated heterocycles. The molecule has 0 aliphatic carbocycles. The predicted molar refractivity (Wildman–Crippen MR) is 85.2 cm³/mol. The second kappa shape index (κ2) is 5.37. The van der Waals surface area contributed by atoms with Crippen LogP contribution in [-0.2, 0) is 0 Å². The normalized spacial score (nSPS) is 22.6. The molecular formula is C17H19FN4O. The molecule has 4 rings (SSSR count). The lowest BCUT2D eigenvalue weighted by Crippen LogP contribution is -2.62. The highest BCUT2D eigenvalue weighted by molar-refractivity contribution is 5.90. The van der Waals surface area contributed by atoms with Crippen LogP contribution in [0.15, 0.2) is 30.6 Å². The van der Waals surface area contributed by atoms with Crippen molar-refractivity contribution >= 4 is 11.7 Å². The standard InChI is InChI=1S/C17H19FN4O/c1-11-5-6-13(7-16(11)21-10-12(18)9-19-21)20-17(23)22-14-3-2-4-15(22)8-14/h5-7,9-10,14-15H,2-4,8H2,1H3,(H,20,23). The SMILES string of the molecule is Cc1ccc(NC(=O)N2C3CCCC2C3)cc1-n1cc(F)cn1. The summed E-state index contributed by atoms with van der Waals surface area (Å²) >= 11 is 0. The van der Waals surface area contributed by atoms with Crippen molar-refractivity contribution in [2.75, 3.05) is 5.32 Å². The van der Waals surface area contributed by atoms with E-state index in [1.165, 1.54) is 23.5 Å². The molecule has 5 nitrogen and oxygen atoms in total. The van der Waals surface area contributed by atoms with E-state index >= 15 is 0 Å². The van der Waals surface area contributed by atoms with E-state index in [-0.39, 0.29) is 11.8 Å². The van der Waals surface area contributed by atoms with Crippen LogP contribution in [0.5, 0.6) is 0 Å². The number of anilines is 1. The highest BCUT2D eigenvalue weighted by atomic mass is 19.1. The first-order valence-electron chi connectivity index (χ1n) is 8.02. The Morgan fingerprint density at radius 1 is 1.35 bits per heavy atom. The lowest BCUT2D eigenvalue weighted by atomic mass is 9.80. The fourth-order valence-corrected chi connectivity index (χ4v) is 3.69. The third kappa shape index (κ3) is 2.48. The van der Waals surface area contributed by atoms with Crippen LogP contribution in [0.1, 0.15) is 31.2 Å². The Morgan fingerprint density at radius 2 is 2.13 bits per heavy atom. The summed E-state index contributed by atoms with van der Waals surface area (Å²) in [6.07, 6.45) is 7.07. The molecule has 2 amide bonds. The largest absolute Gasteiger partial charge is 0.322 e. The van der Waals surface area contributed by atoms with Gasteiger partial charge in [-0.25, -0.2) is 13.9 Å². The van der Waals surface area contributed by atoms with Gasteiger partial charge >= 0.3 is 6.03 Å². The van der Waals surface area contributed by atoms with Crippen LogP contribution in [0.3, 0.4) is 0 Å². The van der Waals surface area contributed by atoms with Gasteiger partial charge < -0.3 is 10.2 Å². The molecule has 0 saturated carbocycles. The minimum absolute atomic E-state index is 0.0348. The van der Waals surface area contributed by atoms with Crippen LogP contribution in [0.2, 0.25) is 0 Å². The number of hydrogen-bond acceptors (Lipinski definition) is 2. The molecule has 2 atom stereocenters. The van der Waals surface area contributed by atoms with Gasteiger partial charge in [-0.1, -0.05) is 6.07 Å². The number of aryl methyl sites for hydroxylation is 1. The van der Waals surface area contributed by atoms with Crippen molar-refractivity contribution in [2.45, 2.75) is 44.7 Å². The van der Waals surface area contributed by atoms with Crippen LogP contribution in [0.25, 0.3) is 5.69 Å². The van der Waals surface area contributed by atoms with E-state index < -0.39 is 0 Å². The molecule has 2 aliphatic rings. The second-order valence-corrected chi connectivity index (χ2v) is 6.42.